The Balaban J connectivity index is 2.26. The van der Waals surface area contributed by atoms with Crippen molar-refractivity contribution in [2.45, 2.75) is 25.7 Å². The van der Waals surface area contributed by atoms with Gasteiger partial charge in [0.15, 0.2) is 5.78 Å². The molecule has 0 heterocycles. The molecule has 70 valence electrons. The van der Waals surface area contributed by atoms with Gasteiger partial charge in [-0.05, 0) is 28.8 Å². The molecule has 0 amide bonds. The molecule has 2 aliphatic carbocycles. The van der Waals surface area contributed by atoms with E-state index in [0.29, 0.717) is 35.9 Å². The van der Waals surface area contributed by atoms with Crippen LogP contribution in [0.4, 0.5) is 0 Å². The molecule has 3 nitrogen and oxygen atoms in total. The third kappa shape index (κ3) is 1.01. The van der Waals surface area contributed by atoms with E-state index in [9.17, 15) is 9.59 Å². The van der Waals surface area contributed by atoms with Crippen LogP contribution in [0.25, 0.3) is 0 Å². The van der Waals surface area contributed by atoms with Crippen molar-refractivity contribution < 1.29 is 9.59 Å². The van der Waals surface area contributed by atoms with Crippen LogP contribution in [0, 0.1) is 5.41 Å². The molecule has 0 aromatic heterocycles. The number of allylic oxidation sites excluding steroid dienone is 2. The van der Waals surface area contributed by atoms with Gasteiger partial charge in [-0.1, -0.05) is 0 Å². The van der Waals surface area contributed by atoms with Crippen molar-refractivity contribution in [3.63, 3.8) is 0 Å². The summed E-state index contributed by atoms with van der Waals surface area (Å²) >= 11 is 3.14. The normalized spacial score (nSPS) is 26.5. The van der Waals surface area contributed by atoms with Crippen LogP contribution in [0.15, 0.2) is 10.2 Å². The lowest BCUT2D eigenvalue weighted by Gasteiger charge is -2.42. The van der Waals surface area contributed by atoms with Gasteiger partial charge in [-0.3, -0.25) is 9.59 Å². The Bertz CT molecular complexity index is 323. The van der Waals surface area contributed by atoms with Gasteiger partial charge in [0.1, 0.15) is 5.78 Å². The van der Waals surface area contributed by atoms with Gasteiger partial charge in [-0.25, -0.2) is 0 Å². The van der Waals surface area contributed by atoms with Gasteiger partial charge in [-0.15, -0.1) is 0 Å². The predicted octanol–water partition coefficient (Wildman–Crippen LogP) is 1.26. The van der Waals surface area contributed by atoms with Crippen molar-refractivity contribution in [3.8, 4) is 0 Å². The number of hydrogen-bond acceptors (Lipinski definition) is 3. The zero-order valence-electron chi connectivity index (χ0n) is 7.10. The van der Waals surface area contributed by atoms with E-state index in [1.54, 1.807) is 0 Å². The first kappa shape index (κ1) is 8.94. The molecule has 0 unspecified atom stereocenters. The molecule has 1 fully saturated rings. The molecular weight excluding hydrogens is 234 g/mol. The molecule has 0 aromatic carbocycles. The molecule has 2 aliphatic rings. The zero-order chi connectivity index (χ0) is 9.64. The van der Waals surface area contributed by atoms with Gasteiger partial charge in [0.25, 0.3) is 0 Å². The highest BCUT2D eigenvalue weighted by molar-refractivity contribution is 9.12. The Morgan fingerprint density at radius 1 is 1.23 bits per heavy atom. The lowest BCUT2D eigenvalue weighted by Crippen LogP contribution is -2.48. The molecule has 0 aromatic rings. The van der Waals surface area contributed by atoms with Crippen LogP contribution >= 0.6 is 15.9 Å². The molecular formula is C9H10BrNO2. The van der Waals surface area contributed by atoms with E-state index >= 15 is 0 Å². The second-order valence-corrected chi connectivity index (χ2v) is 4.47. The first-order valence-corrected chi connectivity index (χ1v) is 5.09. The summed E-state index contributed by atoms with van der Waals surface area (Å²) in [6.45, 7) is 0. The number of rotatable bonds is 0. The van der Waals surface area contributed by atoms with E-state index < -0.39 is 5.41 Å². The second-order valence-electron chi connectivity index (χ2n) is 3.68. The van der Waals surface area contributed by atoms with E-state index in [-0.39, 0.29) is 11.6 Å². The number of halogens is 1. The van der Waals surface area contributed by atoms with Crippen molar-refractivity contribution in [2.24, 2.45) is 11.1 Å². The number of carbonyl (C=O) groups excluding carboxylic acids is 2. The van der Waals surface area contributed by atoms with Crippen LogP contribution in [0.3, 0.4) is 0 Å². The SMILES string of the molecule is NC1=C(Br)C(=O)C12CCC(=O)CC2. The molecule has 2 N–H and O–H groups in total. The average molecular weight is 244 g/mol. The van der Waals surface area contributed by atoms with Crippen LogP contribution in [0.1, 0.15) is 25.7 Å². The van der Waals surface area contributed by atoms with Gasteiger partial charge in [0.05, 0.1) is 9.90 Å². The van der Waals surface area contributed by atoms with Crippen molar-refractivity contribution in [1.29, 1.82) is 0 Å². The second kappa shape index (κ2) is 2.67. The molecule has 0 aliphatic heterocycles. The largest absolute Gasteiger partial charge is 0.400 e. The maximum atomic E-state index is 11.6. The summed E-state index contributed by atoms with van der Waals surface area (Å²) in [5, 5.41) is 0. The summed E-state index contributed by atoms with van der Waals surface area (Å²) in [5.41, 5.74) is 5.93. The number of hydrogen-bond donors (Lipinski definition) is 1. The van der Waals surface area contributed by atoms with Gasteiger partial charge in [-0.2, -0.15) is 0 Å². The van der Waals surface area contributed by atoms with Crippen LogP contribution < -0.4 is 5.73 Å². The van der Waals surface area contributed by atoms with Crippen LogP contribution in [-0.4, -0.2) is 11.6 Å². The maximum Gasteiger partial charge on any atom is 0.183 e. The highest BCUT2D eigenvalue weighted by Gasteiger charge is 2.52. The summed E-state index contributed by atoms with van der Waals surface area (Å²) < 4.78 is 0.516. The Labute approximate surface area is 84.5 Å². The first-order valence-electron chi connectivity index (χ1n) is 4.30. The summed E-state index contributed by atoms with van der Waals surface area (Å²) in [7, 11) is 0. The van der Waals surface area contributed by atoms with Gasteiger partial charge in [0, 0.05) is 18.5 Å². The quantitative estimate of drug-likeness (QED) is 0.697. The van der Waals surface area contributed by atoms with Crippen molar-refractivity contribution in [3.05, 3.63) is 10.2 Å². The van der Waals surface area contributed by atoms with Gasteiger partial charge in [0.2, 0.25) is 0 Å². The third-order valence-electron chi connectivity index (χ3n) is 3.05. The molecule has 0 radical (unpaired) electrons. The van der Waals surface area contributed by atoms with Crippen LogP contribution in [-0.2, 0) is 9.59 Å². The standard InChI is InChI=1S/C9H10BrNO2/c10-6-7(11)9(8(6)13)3-1-5(12)2-4-9/h1-4,11H2. The van der Waals surface area contributed by atoms with E-state index in [0.717, 1.165) is 0 Å². The van der Waals surface area contributed by atoms with E-state index in [4.69, 9.17) is 5.73 Å². The first-order chi connectivity index (χ1) is 6.08. The smallest absolute Gasteiger partial charge is 0.183 e. The fourth-order valence-corrected chi connectivity index (χ4v) is 2.81. The van der Waals surface area contributed by atoms with Crippen molar-refractivity contribution in [2.75, 3.05) is 0 Å². The Kier molecular flexibility index (Phi) is 1.84. The van der Waals surface area contributed by atoms with Crippen molar-refractivity contribution in [1.82, 2.24) is 0 Å². The monoisotopic (exact) mass is 243 g/mol. The number of nitrogens with two attached hydrogens (primary N) is 1. The predicted molar refractivity (Wildman–Crippen MR) is 51.1 cm³/mol. The summed E-state index contributed by atoms with van der Waals surface area (Å²) in [4.78, 5) is 22.6. The molecule has 0 saturated heterocycles. The number of Topliss-reactive ketones (excluding diaryl/α,β-unsaturated/α-hetero) is 2. The highest BCUT2D eigenvalue weighted by atomic mass is 79.9. The molecule has 0 bridgehead atoms. The highest BCUT2D eigenvalue weighted by Crippen LogP contribution is 2.51. The van der Waals surface area contributed by atoms with Gasteiger partial charge < -0.3 is 5.73 Å². The molecule has 1 saturated carbocycles. The molecule has 4 heteroatoms. The number of carbonyl (C=O) groups is 2. The molecule has 0 atom stereocenters. The lowest BCUT2D eigenvalue weighted by atomic mass is 9.62. The molecule has 2 rings (SSSR count). The Morgan fingerprint density at radius 3 is 2.23 bits per heavy atom. The van der Waals surface area contributed by atoms with Crippen molar-refractivity contribution >= 4 is 27.5 Å². The fraction of sp³-hybridized carbons (Fsp3) is 0.556. The van der Waals surface area contributed by atoms with E-state index in [1.807, 2.05) is 0 Å². The minimum atomic E-state index is -0.479. The number of ketones is 2. The van der Waals surface area contributed by atoms with Gasteiger partial charge >= 0.3 is 0 Å². The molecule has 13 heavy (non-hydrogen) atoms. The summed E-state index contributed by atoms with van der Waals surface area (Å²) in [5.74, 6) is 0.326. The van der Waals surface area contributed by atoms with E-state index in [1.165, 1.54) is 0 Å². The molecule has 1 spiro atoms. The Morgan fingerprint density at radius 2 is 1.77 bits per heavy atom. The fourth-order valence-electron chi connectivity index (χ4n) is 2.05. The zero-order valence-corrected chi connectivity index (χ0v) is 8.69. The van der Waals surface area contributed by atoms with E-state index in [2.05, 4.69) is 15.9 Å². The average Bonchev–Trinajstić information content (AvgIpc) is 2.17. The van der Waals surface area contributed by atoms with Crippen LogP contribution in [0.5, 0.6) is 0 Å². The van der Waals surface area contributed by atoms with Crippen LogP contribution in [0.2, 0.25) is 0 Å². The third-order valence-corrected chi connectivity index (χ3v) is 3.83. The topological polar surface area (TPSA) is 60.2 Å². The summed E-state index contributed by atoms with van der Waals surface area (Å²) in [6, 6.07) is 0. The maximum absolute atomic E-state index is 11.6. The lowest BCUT2D eigenvalue weighted by molar-refractivity contribution is -0.130. The summed E-state index contributed by atoms with van der Waals surface area (Å²) in [6.07, 6.45) is 2.19. The minimum absolute atomic E-state index is 0.0810. The minimum Gasteiger partial charge on any atom is -0.400 e. The Hall–Kier alpha value is -0.640.